The number of allylic oxidation sites excluding steroid dienone is 1. The van der Waals surface area contributed by atoms with Crippen molar-refractivity contribution in [3.8, 4) is 17.0 Å². The minimum absolute atomic E-state index is 0.149. The van der Waals surface area contributed by atoms with Crippen molar-refractivity contribution >= 4 is 35.3 Å². The van der Waals surface area contributed by atoms with Gasteiger partial charge in [-0.3, -0.25) is 9.59 Å². The van der Waals surface area contributed by atoms with Gasteiger partial charge in [0.1, 0.15) is 11.4 Å². The van der Waals surface area contributed by atoms with Crippen molar-refractivity contribution in [3.05, 3.63) is 64.1 Å². The van der Waals surface area contributed by atoms with E-state index in [2.05, 4.69) is 36.4 Å². The van der Waals surface area contributed by atoms with Gasteiger partial charge >= 0.3 is 6.03 Å². The fraction of sp³-hybridized carbons (Fsp3) is 0.419. The van der Waals surface area contributed by atoms with Crippen LogP contribution in [0.4, 0.5) is 14.9 Å². The van der Waals surface area contributed by atoms with Crippen molar-refractivity contribution in [1.29, 1.82) is 0 Å². The van der Waals surface area contributed by atoms with Gasteiger partial charge in [-0.05, 0) is 66.5 Å². The first-order valence-electron chi connectivity index (χ1n) is 13.7. The predicted octanol–water partition coefficient (Wildman–Crippen LogP) is 5.34. The van der Waals surface area contributed by atoms with Gasteiger partial charge in [-0.1, -0.05) is 20.8 Å². The van der Waals surface area contributed by atoms with Crippen LogP contribution in [-0.4, -0.2) is 71.2 Å². The number of pyridine rings is 1. The van der Waals surface area contributed by atoms with E-state index in [0.717, 1.165) is 4.91 Å². The van der Waals surface area contributed by atoms with Crippen LogP contribution in [0.2, 0.25) is 0 Å². The van der Waals surface area contributed by atoms with E-state index in [9.17, 15) is 18.8 Å². The van der Waals surface area contributed by atoms with Gasteiger partial charge in [0.05, 0.1) is 12.7 Å². The number of halogens is 1. The summed E-state index contributed by atoms with van der Waals surface area (Å²) in [4.78, 5) is 48.5. The second kappa shape index (κ2) is 11.8. The molecule has 0 radical (unpaired) electrons. The molecule has 2 aromatic rings. The van der Waals surface area contributed by atoms with Gasteiger partial charge in [-0.25, -0.2) is 14.2 Å². The fourth-order valence-electron chi connectivity index (χ4n) is 4.94. The molecular weight excluding hydrogens is 557 g/mol. The highest BCUT2D eigenvalue weighted by atomic mass is 32.2. The molecule has 2 aliphatic heterocycles. The molecule has 0 unspecified atom stereocenters. The molecule has 9 nitrogen and oxygen atoms in total. The third kappa shape index (κ3) is 6.30. The second-order valence-corrected chi connectivity index (χ2v) is 13.0. The van der Waals surface area contributed by atoms with Crippen LogP contribution in [0.5, 0.6) is 5.88 Å². The minimum atomic E-state index is -1.04. The summed E-state index contributed by atoms with van der Waals surface area (Å²) in [7, 11) is 3.24. The largest absolute Gasteiger partial charge is 0.481 e. The SMILES string of the molecule is COc1ccc(-c2cc(NC(=O)NC3=C(C(=O)N4CCN(C)C(=O)C4(C)C)C=C(C(C)(C)C)SC3)cc(F)c2C)cn1. The van der Waals surface area contributed by atoms with Crippen LogP contribution < -0.4 is 15.4 Å². The molecule has 42 heavy (non-hydrogen) atoms. The van der Waals surface area contributed by atoms with Crippen molar-refractivity contribution in [2.24, 2.45) is 5.41 Å². The fourth-order valence-corrected chi connectivity index (χ4v) is 6.10. The van der Waals surface area contributed by atoms with E-state index in [0.29, 0.717) is 52.7 Å². The van der Waals surface area contributed by atoms with Gasteiger partial charge in [0.2, 0.25) is 11.8 Å². The number of amides is 4. The average molecular weight is 596 g/mol. The first-order valence-corrected chi connectivity index (χ1v) is 14.7. The van der Waals surface area contributed by atoms with Crippen LogP contribution in [0.3, 0.4) is 0 Å². The van der Waals surface area contributed by atoms with E-state index in [4.69, 9.17) is 4.74 Å². The first kappa shape index (κ1) is 31.1. The maximum absolute atomic E-state index is 14.9. The highest BCUT2D eigenvalue weighted by molar-refractivity contribution is 8.03. The summed E-state index contributed by atoms with van der Waals surface area (Å²) in [5.41, 5.74) is 1.39. The number of hydrogen-bond acceptors (Lipinski definition) is 6. The molecule has 1 aromatic carbocycles. The topological polar surface area (TPSA) is 104 Å². The molecule has 0 atom stereocenters. The molecule has 2 aliphatic rings. The molecule has 0 aliphatic carbocycles. The van der Waals surface area contributed by atoms with Crippen molar-refractivity contribution < 1.29 is 23.5 Å². The van der Waals surface area contributed by atoms with Crippen LogP contribution in [-0.2, 0) is 9.59 Å². The Morgan fingerprint density at radius 2 is 1.86 bits per heavy atom. The Kier molecular flexibility index (Phi) is 8.73. The zero-order valence-electron chi connectivity index (χ0n) is 25.3. The van der Waals surface area contributed by atoms with E-state index in [-0.39, 0.29) is 22.9 Å². The van der Waals surface area contributed by atoms with Crippen LogP contribution in [0, 0.1) is 18.2 Å². The number of nitrogens with one attached hydrogen (secondary N) is 2. The van der Waals surface area contributed by atoms with Gasteiger partial charge in [-0.15, -0.1) is 11.8 Å². The smallest absolute Gasteiger partial charge is 0.323 e. The first-order chi connectivity index (χ1) is 19.6. The van der Waals surface area contributed by atoms with Gasteiger partial charge in [0.15, 0.2) is 0 Å². The number of ether oxygens (including phenoxy) is 1. The molecule has 0 spiro atoms. The Labute approximate surface area is 250 Å². The van der Waals surface area contributed by atoms with Gasteiger partial charge in [0.25, 0.3) is 5.91 Å². The van der Waals surface area contributed by atoms with Gasteiger partial charge in [-0.2, -0.15) is 0 Å². The Morgan fingerprint density at radius 1 is 1.14 bits per heavy atom. The minimum Gasteiger partial charge on any atom is -0.481 e. The lowest BCUT2D eigenvalue weighted by atomic mass is 9.92. The summed E-state index contributed by atoms with van der Waals surface area (Å²) in [6, 6.07) is 5.76. The molecule has 4 amide bonds. The summed E-state index contributed by atoms with van der Waals surface area (Å²) in [6.45, 7) is 12.1. The maximum Gasteiger partial charge on any atom is 0.323 e. The molecule has 11 heteroatoms. The third-order valence-electron chi connectivity index (χ3n) is 7.51. The number of urea groups is 1. The molecule has 0 saturated carbocycles. The number of aromatic nitrogens is 1. The number of methoxy groups -OCH3 is 1. The van der Waals surface area contributed by atoms with Gasteiger partial charge < -0.3 is 25.2 Å². The summed E-state index contributed by atoms with van der Waals surface area (Å²) in [5, 5.41) is 5.55. The molecular formula is C31H38FN5O4S. The third-order valence-corrected chi connectivity index (χ3v) is 8.99. The van der Waals surface area contributed by atoms with E-state index < -0.39 is 17.4 Å². The number of benzene rings is 1. The summed E-state index contributed by atoms with van der Waals surface area (Å²) >= 11 is 1.54. The lowest BCUT2D eigenvalue weighted by Crippen LogP contribution is -2.64. The Morgan fingerprint density at radius 3 is 2.48 bits per heavy atom. The van der Waals surface area contributed by atoms with Crippen molar-refractivity contribution in [2.75, 3.05) is 38.3 Å². The monoisotopic (exact) mass is 595 g/mol. The van der Waals surface area contributed by atoms with E-state index in [1.165, 1.54) is 24.9 Å². The van der Waals surface area contributed by atoms with Gasteiger partial charge in [0, 0.05) is 55.1 Å². The quantitative estimate of drug-likeness (QED) is 0.484. The number of carbonyl (C=O) groups is 3. The number of hydrogen-bond donors (Lipinski definition) is 2. The van der Waals surface area contributed by atoms with Crippen molar-refractivity contribution in [2.45, 2.75) is 47.1 Å². The highest BCUT2D eigenvalue weighted by Crippen LogP contribution is 2.40. The van der Waals surface area contributed by atoms with Crippen molar-refractivity contribution in [1.82, 2.24) is 20.1 Å². The van der Waals surface area contributed by atoms with Crippen LogP contribution in [0.25, 0.3) is 11.1 Å². The number of carbonyl (C=O) groups excluding carboxylic acids is 3. The summed E-state index contributed by atoms with van der Waals surface area (Å²) in [5.74, 6) is -0.173. The molecule has 1 saturated heterocycles. The standard InChI is InChI=1S/C31H38FN5O4S/c1-18-21(19-9-10-26(41-8)33-16-19)13-20(14-23(18)32)34-29(40)35-24-17-42-25(30(2,3)4)15-22(24)27(38)37-12-11-36(7)28(39)31(37,5)6/h9-10,13-16H,11-12,17H2,1-8H3,(H2,34,35,40). The zero-order chi connectivity index (χ0) is 31.0. The van der Waals surface area contributed by atoms with E-state index in [1.807, 2.05) is 6.08 Å². The Balaban J connectivity index is 1.64. The lowest BCUT2D eigenvalue weighted by molar-refractivity contribution is -0.155. The molecule has 1 fully saturated rings. The molecule has 4 rings (SSSR count). The number of rotatable bonds is 5. The highest BCUT2D eigenvalue weighted by Gasteiger charge is 2.44. The van der Waals surface area contributed by atoms with Crippen LogP contribution >= 0.6 is 11.8 Å². The average Bonchev–Trinajstić information content (AvgIpc) is 2.93. The summed E-state index contributed by atoms with van der Waals surface area (Å²) in [6.07, 6.45) is 3.39. The molecule has 1 aromatic heterocycles. The maximum atomic E-state index is 14.9. The lowest BCUT2D eigenvalue weighted by Gasteiger charge is -2.45. The van der Waals surface area contributed by atoms with Crippen LogP contribution in [0.15, 0.2) is 52.7 Å². The molecule has 0 bridgehead atoms. The number of likely N-dealkylation sites (N-methyl/N-ethyl adjacent to an activating group) is 1. The molecule has 2 N–H and O–H groups in total. The van der Waals surface area contributed by atoms with E-state index in [1.54, 1.807) is 62.0 Å². The molecule has 3 heterocycles. The number of nitrogens with zero attached hydrogens (tertiary/aromatic N) is 3. The van der Waals surface area contributed by atoms with Crippen molar-refractivity contribution in [3.63, 3.8) is 0 Å². The Hall–Kier alpha value is -3.86. The number of piperazine rings is 1. The second-order valence-electron chi connectivity index (χ2n) is 12.0. The van der Waals surface area contributed by atoms with Crippen LogP contribution in [0.1, 0.15) is 40.2 Å². The Bertz CT molecular complexity index is 1480. The summed E-state index contributed by atoms with van der Waals surface area (Å²) < 4.78 is 20.0. The normalized spacial score (nSPS) is 17.2. The molecule has 224 valence electrons. The number of anilines is 1. The predicted molar refractivity (Wildman–Crippen MR) is 164 cm³/mol. The zero-order valence-corrected chi connectivity index (χ0v) is 26.2. The number of thioether (sulfide) groups is 1. The van der Waals surface area contributed by atoms with E-state index >= 15 is 0 Å².